The van der Waals surface area contributed by atoms with E-state index in [9.17, 15) is 20.2 Å². The van der Waals surface area contributed by atoms with Crippen molar-refractivity contribution >= 4 is 21.6 Å². The summed E-state index contributed by atoms with van der Waals surface area (Å²) in [7, 11) is 0. The van der Waals surface area contributed by atoms with Crippen molar-refractivity contribution in [1.82, 2.24) is 0 Å². The molecule has 0 saturated heterocycles. The van der Waals surface area contributed by atoms with Gasteiger partial charge in [-0.1, -0.05) is 15.9 Å². The fourth-order valence-electron chi connectivity index (χ4n) is 3.92. The molecule has 1 saturated carbocycles. The highest BCUT2D eigenvalue weighted by atomic mass is 79.9. The number of nitrogens with one attached hydrogen (secondary N) is 1. The lowest BCUT2D eigenvalue weighted by Crippen LogP contribution is -2.87. The molecule has 3 atom stereocenters. The number of quaternary nitrogens is 1. The lowest BCUT2D eigenvalue weighted by atomic mass is 9.55. The van der Waals surface area contributed by atoms with Gasteiger partial charge in [-0.25, -0.2) is 4.39 Å². The Morgan fingerprint density at radius 3 is 2.64 bits per heavy atom. The Balaban J connectivity index is 2.26. The Kier molecular flexibility index (Phi) is 4.43. The second kappa shape index (κ2) is 6.41. The number of hydrogen-bond acceptors (Lipinski definition) is 4. The third-order valence-electron chi connectivity index (χ3n) is 5.06. The summed E-state index contributed by atoms with van der Waals surface area (Å²) in [5, 5.41) is 39.4. The molecule has 1 heterocycles. The molecule has 5 nitrogen and oxygen atoms in total. The minimum absolute atomic E-state index is 0.256. The number of benzene rings is 1. The Bertz CT molecular complexity index is 888. The number of nitriles is 3. The van der Waals surface area contributed by atoms with E-state index in [1.807, 2.05) is 17.5 Å². The Morgan fingerprint density at radius 1 is 1.28 bits per heavy atom. The van der Waals surface area contributed by atoms with Gasteiger partial charge in [-0.15, -0.1) is 0 Å². The van der Waals surface area contributed by atoms with Crippen LogP contribution < -0.4 is 5.32 Å². The Labute approximate surface area is 153 Å². The summed E-state index contributed by atoms with van der Waals surface area (Å²) in [6.07, 6.45) is 1.78. The molecule has 1 fully saturated rings. The highest BCUT2D eigenvalue weighted by Gasteiger charge is 2.57. The van der Waals surface area contributed by atoms with Crippen LogP contribution >= 0.6 is 15.9 Å². The van der Waals surface area contributed by atoms with E-state index in [2.05, 4.69) is 22.0 Å². The molecule has 0 amide bonds. The zero-order valence-corrected chi connectivity index (χ0v) is 14.7. The van der Waals surface area contributed by atoms with E-state index < -0.39 is 23.1 Å². The number of halogens is 2. The van der Waals surface area contributed by atoms with Gasteiger partial charge in [0.05, 0.1) is 42.9 Å². The van der Waals surface area contributed by atoms with Gasteiger partial charge in [0.1, 0.15) is 5.82 Å². The van der Waals surface area contributed by atoms with Gasteiger partial charge in [0, 0.05) is 16.3 Å². The lowest BCUT2D eigenvalue weighted by molar-refractivity contribution is -0.654. The van der Waals surface area contributed by atoms with Crippen molar-refractivity contribution in [2.75, 3.05) is 13.1 Å². The van der Waals surface area contributed by atoms with E-state index in [1.54, 1.807) is 18.2 Å². The third kappa shape index (κ3) is 2.46. The predicted molar refractivity (Wildman–Crippen MR) is 90.6 cm³/mol. The van der Waals surface area contributed by atoms with E-state index in [0.717, 1.165) is 0 Å². The van der Waals surface area contributed by atoms with Gasteiger partial charge >= 0.3 is 0 Å². The van der Waals surface area contributed by atoms with E-state index in [0.29, 0.717) is 28.7 Å². The van der Waals surface area contributed by atoms with Crippen LogP contribution in [0.4, 0.5) is 4.39 Å². The number of nitrogens with two attached hydrogens (primary N) is 1. The first-order valence-electron chi connectivity index (χ1n) is 7.78. The van der Waals surface area contributed by atoms with E-state index in [4.69, 9.17) is 5.41 Å². The summed E-state index contributed by atoms with van der Waals surface area (Å²) in [6.45, 7) is 1.13. The summed E-state index contributed by atoms with van der Waals surface area (Å²) in [5.41, 5.74) is -1.13. The Morgan fingerprint density at radius 2 is 2.00 bits per heavy atom. The molecule has 25 heavy (non-hydrogen) atoms. The highest BCUT2D eigenvalue weighted by molar-refractivity contribution is 9.10. The van der Waals surface area contributed by atoms with Gasteiger partial charge in [0.15, 0.2) is 0 Å². The maximum atomic E-state index is 14.5. The van der Waals surface area contributed by atoms with E-state index in [-0.39, 0.29) is 11.6 Å². The smallest absolute Gasteiger partial charge is 0.203 e. The minimum Gasteiger partial charge on any atom is -0.342 e. The molecule has 1 unspecified atom stereocenters. The van der Waals surface area contributed by atoms with Crippen LogP contribution in [-0.4, -0.2) is 18.8 Å². The molecule has 3 N–H and O–H groups in total. The molecular formula is C18H14BrFN5+. The average molecular weight is 399 g/mol. The number of nitrogens with zero attached hydrogens (tertiary/aromatic N) is 3. The number of fused-ring (bicyclic) bond motifs is 1. The van der Waals surface area contributed by atoms with Crippen molar-refractivity contribution in [3.05, 3.63) is 45.7 Å². The van der Waals surface area contributed by atoms with Crippen LogP contribution in [-0.2, 0) is 0 Å². The second-order valence-corrected chi connectivity index (χ2v) is 7.13. The fourth-order valence-corrected chi connectivity index (χ4v) is 4.30. The number of rotatable bonds is 1. The standard InChI is InChI=1S/C18H13BrFN5/c19-10-1-2-15(20)11(5-10)16-12(6-21)17(24)18(8-22,9-23)14-3-4-25-7-13(14)16/h1-3,5,12-13,16,24-25H,4,7H2/p+1/t12?,13-,16+/m1/s1. The minimum atomic E-state index is -1.74. The van der Waals surface area contributed by atoms with Crippen LogP contribution in [0.25, 0.3) is 0 Å². The largest absolute Gasteiger partial charge is 0.342 e. The summed E-state index contributed by atoms with van der Waals surface area (Å²) in [4.78, 5) is 0. The molecule has 2 aliphatic rings. The monoisotopic (exact) mass is 398 g/mol. The SMILES string of the molecule is N#CC1C(=N)C(C#N)(C#N)C2=CC[NH2+]C[C@H]2[C@H]1c1cc(Br)ccc1F. The van der Waals surface area contributed by atoms with Crippen molar-refractivity contribution < 1.29 is 9.71 Å². The first-order chi connectivity index (χ1) is 12.0. The van der Waals surface area contributed by atoms with Crippen LogP contribution in [0.5, 0.6) is 0 Å². The van der Waals surface area contributed by atoms with Crippen molar-refractivity contribution in [2.24, 2.45) is 17.3 Å². The molecular weight excluding hydrogens is 385 g/mol. The molecule has 3 rings (SSSR count). The maximum Gasteiger partial charge on any atom is 0.203 e. The maximum absolute atomic E-state index is 14.5. The van der Waals surface area contributed by atoms with Crippen molar-refractivity contribution in [3.63, 3.8) is 0 Å². The third-order valence-corrected chi connectivity index (χ3v) is 5.55. The summed E-state index contributed by atoms with van der Waals surface area (Å²) in [6, 6.07) is 10.5. The lowest BCUT2D eigenvalue weighted by Gasteiger charge is -2.44. The van der Waals surface area contributed by atoms with Gasteiger partial charge in [-0.05, 0) is 35.4 Å². The normalized spacial score (nSPS) is 27.2. The van der Waals surface area contributed by atoms with Crippen LogP contribution in [0.2, 0.25) is 0 Å². The zero-order chi connectivity index (χ0) is 18.2. The van der Waals surface area contributed by atoms with Crippen LogP contribution in [0.3, 0.4) is 0 Å². The van der Waals surface area contributed by atoms with Crippen LogP contribution in [0.15, 0.2) is 34.3 Å². The molecule has 0 bridgehead atoms. The van der Waals surface area contributed by atoms with Crippen molar-refractivity contribution in [2.45, 2.75) is 5.92 Å². The van der Waals surface area contributed by atoms with Gasteiger partial charge in [0.2, 0.25) is 5.41 Å². The molecule has 124 valence electrons. The van der Waals surface area contributed by atoms with Gasteiger partial charge in [-0.2, -0.15) is 15.8 Å². The molecule has 0 radical (unpaired) electrons. The Hall–Kier alpha value is -2.53. The molecule has 1 aromatic carbocycles. The first-order valence-corrected chi connectivity index (χ1v) is 8.57. The van der Waals surface area contributed by atoms with Crippen LogP contribution in [0.1, 0.15) is 11.5 Å². The fraction of sp³-hybridized carbons (Fsp3) is 0.333. The summed E-state index contributed by atoms with van der Waals surface area (Å²) < 4.78 is 15.2. The van der Waals surface area contributed by atoms with Gasteiger partial charge < -0.3 is 10.7 Å². The van der Waals surface area contributed by atoms with Gasteiger partial charge in [-0.3, -0.25) is 0 Å². The zero-order valence-electron chi connectivity index (χ0n) is 13.1. The summed E-state index contributed by atoms with van der Waals surface area (Å²) in [5.74, 6) is -2.44. The molecule has 1 aliphatic heterocycles. The highest BCUT2D eigenvalue weighted by Crippen LogP contribution is 2.51. The molecule has 0 spiro atoms. The van der Waals surface area contributed by atoms with Crippen LogP contribution in [0, 0.1) is 62.5 Å². The first kappa shape index (κ1) is 17.3. The van der Waals surface area contributed by atoms with Crippen molar-refractivity contribution in [1.29, 1.82) is 21.2 Å². The molecule has 1 aromatic rings. The molecule has 7 heteroatoms. The number of hydrogen-bond donors (Lipinski definition) is 2. The second-order valence-electron chi connectivity index (χ2n) is 6.21. The average Bonchev–Trinajstić information content (AvgIpc) is 2.63. The summed E-state index contributed by atoms with van der Waals surface area (Å²) >= 11 is 3.33. The quantitative estimate of drug-likeness (QED) is 0.705. The van der Waals surface area contributed by atoms with Gasteiger partial charge in [0.25, 0.3) is 0 Å². The topological polar surface area (TPSA) is 112 Å². The van der Waals surface area contributed by atoms with E-state index >= 15 is 0 Å². The van der Waals surface area contributed by atoms with E-state index in [1.165, 1.54) is 6.07 Å². The van der Waals surface area contributed by atoms with Crippen molar-refractivity contribution in [3.8, 4) is 18.2 Å². The molecule has 1 aliphatic carbocycles. The molecule has 0 aromatic heterocycles. The predicted octanol–water partition coefficient (Wildman–Crippen LogP) is 2.00.